The van der Waals surface area contributed by atoms with Crippen molar-refractivity contribution in [1.29, 1.82) is 0 Å². The van der Waals surface area contributed by atoms with E-state index in [0.717, 1.165) is 0 Å². The Balaban J connectivity index is 2.77. The third-order valence-corrected chi connectivity index (χ3v) is 2.21. The van der Waals surface area contributed by atoms with Gasteiger partial charge in [-0.25, -0.2) is 4.98 Å². The first-order chi connectivity index (χ1) is 7.00. The fourth-order valence-electron chi connectivity index (χ4n) is 0.958. The number of halogens is 2. The average molecular weight is 247 g/mol. The molecule has 0 aromatic carbocycles. The lowest BCUT2D eigenvalue weighted by Gasteiger charge is -2.08. The van der Waals surface area contributed by atoms with Crippen LogP contribution in [0.1, 0.15) is 24.3 Å². The van der Waals surface area contributed by atoms with Gasteiger partial charge in [-0.2, -0.15) is 0 Å². The maximum absolute atomic E-state index is 11.6. The second-order valence-corrected chi connectivity index (χ2v) is 4.36. The molecule has 1 heterocycles. The van der Waals surface area contributed by atoms with E-state index >= 15 is 0 Å². The van der Waals surface area contributed by atoms with Gasteiger partial charge in [-0.3, -0.25) is 4.79 Å². The number of hydrogen-bond donors (Lipinski definition) is 1. The summed E-state index contributed by atoms with van der Waals surface area (Å²) in [6.07, 6.45) is 0. The van der Waals surface area contributed by atoms with E-state index in [4.69, 9.17) is 23.2 Å². The molecule has 0 aliphatic carbocycles. The van der Waals surface area contributed by atoms with E-state index < -0.39 is 0 Å². The monoisotopic (exact) mass is 246 g/mol. The van der Waals surface area contributed by atoms with Gasteiger partial charge in [-0.05, 0) is 18.1 Å². The molecule has 0 saturated heterocycles. The molecule has 1 N–H and O–H groups in total. The van der Waals surface area contributed by atoms with Crippen molar-refractivity contribution in [2.75, 3.05) is 6.54 Å². The number of amides is 1. The number of aromatic nitrogens is 1. The van der Waals surface area contributed by atoms with E-state index in [1.54, 1.807) is 12.1 Å². The summed E-state index contributed by atoms with van der Waals surface area (Å²) in [6, 6.07) is 3.10. The summed E-state index contributed by atoms with van der Waals surface area (Å²) in [4.78, 5) is 15.5. The van der Waals surface area contributed by atoms with Crippen LogP contribution in [0.2, 0.25) is 10.2 Å². The Hall–Kier alpha value is -0.800. The second-order valence-electron chi connectivity index (χ2n) is 3.57. The number of nitrogens with one attached hydrogen (secondary N) is 1. The van der Waals surface area contributed by atoms with Gasteiger partial charge < -0.3 is 5.32 Å². The highest BCUT2D eigenvalue weighted by Crippen LogP contribution is 2.16. The molecule has 1 aromatic heterocycles. The average Bonchev–Trinajstić information content (AvgIpc) is 2.18. The lowest BCUT2D eigenvalue weighted by molar-refractivity contribution is 0.0944. The van der Waals surface area contributed by atoms with Crippen LogP contribution in [0.25, 0.3) is 0 Å². The Kier molecular flexibility index (Phi) is 4.36. The highest BCUT2D eigenvalue weighted by molar-refractivity contribution is 6.34. The molecule has 0 aliphatic rings. The Morgan fingerprint density at radius 3 is 2.73 bits per heavy atom. The number of carbonyl (C=O) groups excluding carboxylic acids is 1. The third-order valence-electron chi connectivity index (χ3n) is 1.70. The molecule has 1 aromatic rings. The molecule has 1 amide bonds. The maximum atomic E-state index is 11.6. The van der Waals surface area contributed by atoms with Gasteiger partial charge in [-0.15, -0.1) is 0 Å². The van der Waals surface area contributed by atoms with Gasteiger partial charge in [0.2, 0.25) is 0 Å². The zero-order chi connectivity index (χ0) is 11.4. The molecule has 0 bridgehead atoms. The predicted molar refractivity (Wildman–Crippen MR) is 61.4 cm³/mol. The summed E-state index contributed by atoms with van der Waals surface area (Å²) < 4.78 is 0. The van der Waals surface area contributed by atoms with E-state index in [0.29, 0.717) is 17.5 Å². The Morgan fingerprint density at radius 1 is 1.47 bits per heavy atom. The fourth-order valence-corrected chi connectivity index (χ4v) is 1.30. The summed E-state index contributed by atoms with van der Waals surface area (Å²) >= 11 is 11.5. The largest absolute Gasteiger partial charge is 0.350 e. The van der Waals surface area contributed by atoms with Gasteiger partial charge in [0.1, 0.15) is 10.8 Å². The Bertz CT molecular complexity index is 366. The minimum atomic E-state index is -0.295. The van der Waals surface area contributed by atoms with Crippen LogP contribution in [-0.4, -0.2) is 17.4 Å². The molecular weight excluding hydrogens is 235 g/mol. The highest BCUT2D eigenvalue weighted by atomic mass is 35.5. The first-order valence-corrected chi connectivity index (χ1v) is 5.36. The Labute approximate surface area is 98.8 Å². The smallest absolute Gasteiger partial charge is 0.271 e. The van der Waals surface area contributed by atoms with E-state index in [2.05, 4.69) is 10.3 Å². The molecule has 5 heteroatoms. The van der Waals surface area contributed by atoms with Gasteiger partial charge in [0, 0.05) is 6.54 Å². The van der Waals surface area contributed by atoms with E-state index in [1.807, 2.05) is 13.8 Å². The maximum Gasteiger partial charge on any atom is 0.271 e. The van der Waals surface area contributed by atoms with Crippen LogP contribution < -0.4 is 5.32 Å². The predicted octanol–water partition coefficient (Wildman–Crippen LogP) is 2.77. The normalized spacial score (nSPS) is 10.5. The molecule has 0 unspecified atom stereocenters. The van der Waals surface area contributed by atoms with Gasteiger partial charge in [-0.1, -0.05) is 37.0 Å². The lowest BCUT2D eigenvalue weighted by atomic mass is 10.2. The zero-order valence-electron chi connectivity index (χ0n) is 8.55. The molecule has 0 atom stereocenters. The van der Waals surface area contributed by atoms with Crippen LogP contribution in [0.3, 0.4) is 0 Å². The summed E-state index contributed by atoms with van der Waals surface area (Å²) in [6.45, 7) is 4.60. The summed E-state index contributed by atoms with van der Waals surface area (Å²) in [7, 11) is 0. The molecule has 82 valence electrons. The van der Waals surface area contributed by atoms with Crippen molar-refractivity contribution in [2.45, 2.75) is 13.8 Å². The second kappa shape index (κ2) is 5.33. The van der Waals surface area contributed by atoms with Crippen LogP contribution >= 0.6 is 23.2 Å². The van der Waals surface area contributed by atoms with Crippen molar-refractivity contribution < 1.29 is 4.79 Å². The number of carbonyl (C=O) groups is 1. The number of pyridine rings is 1. The van der Waals surface area contributed by atoms with Crippen LogP contribution in [-0.2, 0) is 0 Å². The number of nitrogens with zero attached hydrogens (tertiary/aromatic N) is 1. The molecule has 0 radical (unpaired) electrons. The highest BCUT2D eigenvalue weighted by Gasteiger charge is 2.12. The summed E-state index contributed by atoms with van der Waals surface area (Å²) in [5.74, 6) is 0.0862. The van der Waals surface area contributed by atoms with Gasteiger partial charge >= 0.3 is 0 Å². The van der Waals surface area contributed by atoms with Crippen molar-refractivity contribution in [3.05, 3.63) is 28.0 Å². The van der Waals surface area contributed by atoms with Crippen molar-refractivity contribution in [3.63, 3.8) is 0 Å². The van der Waals surface area contributed by atoms with Gasteiger partial charge in [0.25, 0.3) is 5.91 Å². The molecule has 1 rings (SSSR count). The van der Waals surface area contributed by atoms with Crippen molar-refractivity contribution >= 4 is 29.1 Å². The molecular formula is C10H12Cl2N2O. The van der Waals surface area contributed by atoms with Crippen LogP contribution in [0.15, 0.2) is 12.1 Å². The lowest BCUT2D eigenvalue weighted by Crippen LogP contribution is -2.28. The first-order valence-electron chi connectivity index (χ1n) is 4.61. The zero-order valence-corrected chi connectivity index (χ0v) is 10.1. The molecule has 0 saturated carbocycles. The van der Waals surface area contributed by atoms with E-state index in [9.17, 15) is 4.79 Å². The Morgan fingerprint density at radius 2 is 2.13 bits per heavy atom. The van der Waals surface area contributed by atoms with Crippen molar-refractivity contribution in [3.8, 4) is 0 Å². The number of hydrogen-bond acceptors (Lipinski definition) is 2. The molecule has 3 nitrogen and oxygen atoms in total. The van der Waals surface area contributed by atoms with E-state index in [-0.39, 0.29) is 16.8 Å². The quantitative estimate of drug-likeness (QED) is 0.834. The SMILES string of the molecule is CC(C)CNC(=O)c1nc(Cl)ccc1Cl. The fraction of sp³-hybridized carbons (Fsp3) is 0.400. The van der Waals surface area contributed by atoms with Gasteiger partial charge in [0.15, 0.2) is 0 Å². The molecule has 0 fully saturated rings. The third kappa shape index (κ3) is 3.68. The van der Waals surface area contributed by atoms with Crippen molar-refractivity contribution in [1.82, 2.24) is 10.3 Å². The summed E-state index contributed by atoms with van der Waals surface area (Å²) in [5, 5.41) is 3.29. The topological polar surface area (TPSA) is 42.0 Å². The van der Waals surface area contributed by atoms with Crippen LogP contribution in [0.4, 0.5) is 0 Å². The molecule has 15 heavy (non-hydrogen) atoms. The minimum Gasteiger partial charge on any atom is -0.350 e. The first kappa shape index (κ1) is 12.3. The van der Waals surface area contributed by atoms with Gasteiger partial charge in [0.05, 0.1) is 5.02 Å². The van der Waals surface area contributed by atoms with E-state index in [1.165, 1.54) is 0 Å². The van der Waals surface area contributed by atoms with Crippen molar-refractivity contribution in [2.24, 2.45) is 5.92 Å². The number of rotatable bonds is 3. The standard InChI is InChI=1S/C10H12Cl2N2O/c1-6(2)5-13-10(15)9-7(11)3-4-8(12)14-9/h3-4,6H,5H2,1-2H3,(H,13,15). The molecule has 0 aliphatic heterocycles. The minimum absolute atomic E-state index is 0.171. The van der Waals surface area contributed by atoms with Crippen LogP contribution in [0.5, 0.6) is 0 Å². The molecule has 0 spiro atoms. The van der Waals surface area contributed by atoms with Crippen LogP contribution in [0, 0.1) is 5.92 Å². The summed E-state index contributed by atoms with van der Waals surface area (Å²) in [5.41, 5.74) is 0.171.